The minimum Gasteiger partial charge on any atom is -0.507 e. The Morgan fingerprint density at radius 1 is 0.807 bits per heavy atom. The van der Waals surface area contributed by atoms with E-state index >= 15 is 0 Å². The molecule has 0 unspecified atom stereocenters. The first-order chi connectivity index (χ1) is 27.4. The number of aromatic nitrogens is 3. The molecule has 7 rings (SSSR count). The molecule has 4 N–H and O–H groups in total. The molecule has 14 nitrogen and oxygen atoms in total. The monoisotopic (exact) mass is 827 g/mol. The zero-order valence-electron chi connectivity index (χ0n) is 30.8. The molecule has 0 spiro atoms. The largest absolute Gasteiger partial charge is 0.507 e. The van der Waals surface area contributed by atoms with Crippen LogP contribution in [0, 0.1) is 0 Å². The third-order valence-electron chi connectivity index (χ3n) is 9.63. The smallest absolute Gasteiger partial charge is 0.330 e. The van der Waals surface area contributed by atoms with Gasteiger partial charge in [0, 0.05) is 56.5 Å². The average Bonchev–Trinajstić information content (AvgIpc) is 3.99. The van der Waals surface area contributed by atoms with Gasteiger partial charge in [0.15, 0.2) is 5.75 Å². The Labute approximate surface area is 338 Å². The first-order valence-corrected chi connectivity index (χ1v) is 21.1. The lowest BCUT2D eigenvalue weighted by Crippen LogP contribution is -2.40. The fourth-order valence-corrected chi connectivity index (χ4v) is 9.73. The number of carboxylic acids is 1. The fourth-order valence-electron chi connectivity index (χ4n) is 6.68. The van der Waals surface area contributed by atoms with E-state index in [1.54, 1.807) is 0 Å². The highest BCUT2D eigenvalue weighted by Crippen LogP contribution is 2.39. The summed E-state index contributed by atoms with van der Waals surface area (Å²) in [5.41, 5.74) is 2.91. The normalized spacial score (nSPS) is 13.0. The van der Waals surface area contributed by atoms with Gasteiger partial charge in [-0.3, -0.25) is 24.0 Å². The molecular formula is C40H37N5O9S3. The summed E-state index contributed by atoms with van der Waals surface area (Å²) < 4.78 is 8.52. The maximum Gasteiger partial charge on any atom is 0.330 e. The van der Waals surface area contributed by atoms with Crippen molar-refractivity contribution in [2.24, 2.45) is 0 Å². The van der Waals surface area contributed by atoms with Crippen molar-refractivity contribution in [2.45, 2.75) is 55.9 Å². The van der Waals surface area contributed by atoms with E-state index in [0.29, 0.717) is 56.4 Å². The Bertz CT molecular complexity index is 2530. The van der Waals surface area contributed by atoms with Gasteiger partial charge in [0.25, 0.3) is 22.9 Å². The van der Waals surface area contributed by atoms with Crippen molar-refractivity contribution in [3.05, 3.63) is 130 Å². The summed E-state index contributed by atoms with van der Waals surface area (Å²) in [6.45, 7) is 2.74. The van der Waals surface area contributed by atoms with Crippen molar-refractivity contribution in [3.8, 4) is 22.8 Å². The molecule has 5 heterocycles. The third kappa shape index (κ3) is 8.26. The van der Waals surface area contributed by atoms with E-state index < -0.39 is 64.8 Å². The number of amides is 2. The number of fused-ring (bicyclic) bond motifs is 2. The number of nitrogens with zero attached hydrogens (tertiary/aromatic N) is 3. The van der Waals surface area contributed by atoms with E-state index in [0.717, 1.165) is 16.7 Å². The number of nitrogens with one attached hydrogen (secondary N) is 2. The third-order valence-corrected chi connectivity index (χ3v) is 12.4. The lowest BCUT2D eigenvalue weighted by molar-refractivity contribution is -0.136. The minimum absolute atomic E-state index is 0.00623. The summed E-state index contributed by atoms with van der Waals surface area (Å²) in [5, 5.41) is 27.4. The van der Waals surface area contributed by atoms with Crippen molar-refractivity contribution >= 4 is 58.6 Å². The van der Waals surface area contributed by atoms with E-state index in [1.807, 2.05) is 60.0 Å². The Morgan fingerprint density at radius 2 is 1.42 bits per heavy atom. The average molecular weight is 828 g/mol. The number of carbonyl (C=O) groups excluding carboxylic acids is 3. The Hall–Kier alpha value is -5.65. The molecule has 2 aromatic carbocycles. The molecule has 17 heteroatoms. The second-order valence-corrected chi connectivity index (χ2v) is 16.6. The van der Waals surface area contributed by atoms with Gasteiger partial charge in [-0.1, -0.05) is 68.4 Å². The van der Waals surface area contributed by atoms with E-state index in [-0.39, 0.29) is 24.6 Å². The molecule has 294 valence electrons. The van der Waals surface area contributed by atoms with Crippen LogP contribution in [0.5, 0.6) is 11.5 Å². The molecule has 0 radical (unpaired) electrons. The van der Waals surface area contributed by atoms with Gasteiger partial charge in [0.1, 0.15) is 35.0 Å². The van der Waals surface area contributed by atoms with Crippen LogP contribution >= 0.6 is 34.9 Å². The summed E-state index contributed by atoms with van der Waals surface area (Å²) in [7, 11) is 0. The molecule has 5 aromatic rings. The maximum atomic E-state index is 14.1. The number of aliphatic carboxylic acids is 1. The van der Waals surface area contributed by atoms with Gasteiger partial charge in [0.2, 0.25) is 0 Å². The predicted octanol–water partition coefficient (Wildman–Crippen LogP) is 4.70. The van der Waals surface area contributed by atoms with Gasteiger partial charge in [-0.05, 0) is 17.0 Å². The number of carbonyl (C=O) groups is 4. The van der Waals surface area contributed by atoms with Gasteiger partial charge < -0.3 is 34.7 Å². The molecular weight excluding hydrogens is 791 g/mol. The first kappa shape index (κ1) is 39.6. The Kier molecular flexibility index (Phi) is 11.7. The SMILES string of the molecule is CC(C)c1ccc(Cn2c3c(c(O)c(C(=O)NCC(=O)Oc4c5c(n(Cc6nc(-c7ccccc7)cs6)c(=O)c4C(=O)NCC(=O)O)CSC5)c2=O)CSC3)cc1. The summed E-state index contributed by atoms with van der Waals surface area (Å²) in [6, 6.07) is 17.3. The van der Waals surface area contributed by atoms with Crippen molar-refractivity contribution in [1.29, 1.82) is 0 Å². The molecule has 2 aliphatic heterocycles. The van der Waals surface area contributed by atoms with Gasteiger partial charge in [-0.25, -0.2) is 9.78 Å². The van der Waals surface area contributed by atoms with Crippen LogP contribution in [0.3, 0.4) is 0 Å². The lowest BCUT2D eigenvalue weighted by atomic mass is 10.0. The van der Waals surface area contributed by atoms with E-state index in [2.05, 4.69) is 29.5 Å². The predicted molar refractivity (Wildman–Crippen MR) is 217 cm³/mol. The van der Waals surface area contributed by atoms with Crippen LogP contribution < -0.4 is 26.5 Å². The zero-order valence-corrected chi connectivity index (χ0v) is 33.3. The summed E-state index contributed by atoms with van der Waals surface area (Å²) in [6.07, 6.45) is 0. The van der Waals surface area contributed by atoms with Crippen LogP contribution in [0.4, 0.5) is 0 Å². The summed E-state index contributed by atoms with van der Waals surface area (Å²) >= 11 is 4.25. The number of hydrogen-bond acceptors (Lipinski definition) is 12. The van der Waals surface area contributed by atoms with E-state index in [4.69, 9.17) is 4.74 Å². The van der Waals surface area contributed by atoms with Gasteiger partial charge in [-0.2, -0.15) is 23.5 Å². The first-order valence-electron chi connectivity index (χ1n) is 17.9. The van der Waals surface area contributed by atoms with E-state index in [9.17, 15) is 39.0 Å². The molecule has 0 aliphatic carbocycles. The number of benzene rings is 2. The van der Waals surface area contributed by atoms with Crippen molar-refractivity contribution in [3.63, 3.8) is 0 Å². The van der Waals surface area contributed by atoms with Gasteiger partial charge in [0.05, 0.1) is 18.8 Å². The van der Waals surface area contributed by atoms with Gasteiger partial charge in [-0.15, -0.1) is 11.3 Å². The molecule has 0 bridgehead atoms. The quantitative estimate of drug-likeness (QED) is 0.120. The highest BCUT2D eigenvalue weighted by molar-refractivity contribution is 7.98. The van der Waals surface area contributed by atoms with Crippen molar-refractivity contribution < 1.29 is 34.1 Å². The van der Waals surface area contributed by atoms with Gasteiger partial charge >= 0.3 is 11.9 Å². The topological polar surface area (TPSA) is 199 Å². The Balaban J connectivity index is 1.15. The highest BCUT2D eigenvalue weighted by atomic mass is 32.2. The van der Waals surface area contributed by atoms with Crippen LogP contribution in [0.25, 0.3) is 11.3 Å². The van der Waals surface area contributed by atoms with Crippen LogP contribution in [0.15, 0.2) is 69.6 Å². The second kappa shape index (κ2) is 16.8. The molecule has 2 aliphatic rings. The number of pyridine rings is 2. The fraction of sp³-hybridized carbons (Fsp3) is 0.275. The molecule has 0 fully saturated rings. The number of thiazole rings is 1. The molecule has 3 aromatic heterocycles. The number of rotatable bonds is 13. The highest BCUT2D eigenvalue weighted by Gasteiger charge is 2.33. The van der Waals surface area contributed by atoms with Crippen LogP contribution in [0.1, 0.15) is 79.1 Å². The molecule has 0 atom stereocenters. The van der Waals surface area contributed by atoms with Crippen LogP contribution in [-0.2, 0) is 45.7 Å². The molecule has 57 heavy (non-hydrogen) atoms. The standard InChI is InChI=1S/C40H37N5O9S3/c1-21(2)23-10-8-22(9-11-23)14-44-28-19-55-16-25(28)35(49)33(39(44)52)37(50)42-13-32(48)54-36-26-17-56-20-29(26)45(40(53)34(36)38(51)41-12-31(46)47)15-30-43-27(18-57-30)24-6-4-3-5-7-24/h3-11,18,21,49H,12-17,19-20H2,1-2H3,(H,41,51)(H,42,50)(H,46,47). The number of ether oxygens (including phenoxy) is 1. The van der Waals surface area contributed by atoms with E-state index in [1.165, 1.54) is 44.0 Å². The Morgan fingerprint density at radius 3 is 2.11 bits per heavy atom. The number of thioether (sulfide) groups is 2. The molecule has 0 saturated carbocycles. The summed E-state index contributed by atoms with van der Waals surface area (Å²) in [4.78, 5) is 84.4. The van der Waals surface area contributed by atoms with Crippen molar-refractivity contribution in [2.75, 3.05) is 13.1 Å². The maximum absolute atomic E-state index is 14.1. The van der Waals surface area contributed by atoms with Crippen molar-refractivity contribution in [1.82, 2.24) is 24.8 Å². The number of esters is 1. The summed E-state index contributed by atoms with van der Waals surface area (Å²) in [5.74, 6) is -3.50. The molecule has 0 saturated heterocycles. The number of carboxylic acid groups (broad SMARTS) is 1. The zero-order chi connectivity index (χ0) is 40.4. The minimum atomic E-state index is -1.35. The number of aromatic hydroxyl groups is 1. The number of hydrogen-bond donors (Lipinski definition) is 4. The van der Waals surface area contributed by atoms with Crippen LogP contribution in [-0.4, -0.2) is 61.2 Å². The second-order valence-electron chi connectivity index (χ2n) is 13.7. The lowest BCUT2D eigenvalue weighted by Gasteiger charge is -2.18. The molecule has 2 amide bonds. The van der Waals surface area contributed by atoms with Crippen LogP contribution in [0.2, 0.25) is 0 Å².